The maximum Gasteiger partial charge on any atom is 0 e. The molecule has 0 N–H and O–H groups in total. The van der Waals surface area contributed by atoms with E-state index < -0.39 is 0 Å². The van der Waals surface area contributed by atoms with Gasteiger partial charge in [0.2, 0.25) is 0 Å². The zero-order valence-electron chi connectivity index (χ0n) is 14.9. The fraction of sp³-hybridized carbons (Fsp3) is 0.333. The van der Waals surface area contributed by atoms with Crippen LogP contribution >= 0.6 is 0 Å². The van der Waals surface area contributed by atoms with Gasteiger partial charge in [0, 0.05) is 32.7 Å². The standard InChI is InChI=1S/C20H24N2.CH4.Y/c1-13(2)7-9-15(5)17-11-12-18(20(22)19(17)21)16(6)10-8-14(3)4;;/h7-12H,1-6H3;1H4;/q-2;;/b15-9+,16-10+;;. The summed E-state index contributed by atoms with van der Waals surface area (Å²) in [6.07, 6.45) is 11.5. The molecule has 3 heteroatoms. The Morgan fingerprint density at radius 2 is 0.958 bits per heavy atom. The van der Waals surface area contributed by atoms with Crippen LogP contribution in [0, 0.1) is 0 Å². The van der Waals surface area contributed by atoms with Gasteiger partial charge in [0.15, 0.2) is 0 Å². The summed E-state index contributed by atoms with van der Waals surface area (Å²) in [6, 6.07) is 0. The third kappa shape index (κ3) is 7.19. The molecular formula is C21H28N2Y-2. The molecule has 0 amide bonds. The van der Waals surface area contributed by atoms with Crippen molar-refractivity contribution < 1.29 is 32.7 Å². The minimum absolute atomic E-state index is 0. The van der Waals surface area contributed by atoms with E-state index >= 15 is 0 Å². The molecule has 0 heterocycles. The van der Waals surface area contributed by atoms with Crippen molar-refractivity contribution >= 4 is 11.4 Å². The fourth-order valence-corrected chi connectivity index (χ4v) is 1.98. The van der Waals surface area contributed by atoms with Crippen LogP contribution in [-0.4, -0.2) is 11.4 Å². The number of nitrogens with zero attached hydrogens (tertiary/aromatic N) is 2. The van der Waals surface area contributed by atoms with E-state index in [1.54, 1.807) is 0 Å². The third-order valence-corrected chi connectivity index (χ3v) is 3.33. The van der Waals surface area contributed by atoms with E-state index in [-0.39, 0.29) is 51.6 Å². The second-order valence-electron chi connectivity index (χ2n) is 6.05. The predicted molar refractivity (Wildman–Crippen MR) is 106 cm³/mol. The molecule has 0 aromatic heterocycles. The Bertz CT molecular complexity index is 613. The number of rotatable bonds is 4. The number of allylic oxidation sites excluding steroid dienone is 12. The van der Waals surface area contributed by atoms with Gasteiger partial charge in [-0.2, -0.15) is 11.4 Å². The van der Waals surface area contributed by atoms with Crippen molar-refractivity contribution in [1.82, 2.24) is 0 Å². The molecule has 0 saturated heterocycles. The monoisotopic (exact) mass is 397 g/mol. The molecule has 0 aromatic rings. The summed E-state index contributed by atoms with van der Waals surface area (Å²) in [5.41, 5.74) is 5.33. The second-order valence-corrected chi connectivity index (χ2v) is 6.05. The third-order valence-electron chi connectivity index (χ3n) is 3.33. The van der Waals surface area contributed by atoms with E-state index in [4.69, 9.17) is 0 Å². The molecule has 0 aliphatic heterocycles. The van der Waals surface area contributed by atoms with Crippen LogP contribution in [-0.2, 0) is 32.7 Å². The molecule has 0 fully saturated rings. The topological polar surface area (TPSA) is 44.6 Å². The smallest absolute Gasteiger partial charge is 0 e. The van der Waals surface area contributed by atoms with Crippen LogP contribution in [0.4, 0.5) is 0 Å². The Labute approximate surface area is 173 Å². The largest absolute Gasteiger partial charge is 0.804 e. The van der Waals surface area contributed by atoms with Crippen molar-refractivity contribution in [3.8, 4) is 0 Å². The summed E-state index contributed by atoms with van der Waals surface area (Å²) in [6.45, 7) is 11.9. The summed E-state index contributed by atoms with van der Waals surface area (Å²) >= 11 is 0. The molecule has 0 unspecified atom stereocenters. The van der Waals surface area contributed by atoms with E-state index in [2.05, 4.69) is 0 Å². The maximum absolute atomic E-state index is 10.3. The molecule has 0 bridgehead atoms. The molecule has 1 aliphatic rings. The summed E-state index contributed by atoms with van der Waals surface area (Å²) in [4.78, 5) is 0. The fourth-order valence-electron chi connectivity index (χ4n) is 1.98. The van der Waals surface area contributed by atoms with Gasteiger partial charge in [-0.05, 0) is 63.8 Å². The van der Waals surface area contributed by atoms with Gasteiger partial charge >= 0.3 is 0 Å². The number of hydrogen-bond acceptors (Lipinski definition) is 0. The van der Waals surface area contributed by atoms with E-state index in [9.17, 15) is 10.8 Å². The first-order chi connectivity index (χ1) is 10.2. The van der Waals surface area contributed by atoms with Gasteiger partial charge in [0.1, 0.15) is 0 Å². The SMILES string of the molecule is C.CC(C)=C/C=C(\C)C1=CC=C(/C(C)=C/C=C(C)C)C(=[N-])C1=[N-].[Y]. The van der Waals surface area contributed by atoms with Crippen molar-refractivity contribution in [1.29, 1.82) is 0 Å². The zero-order chi connectivity index (χ0) is 16.9. The summed E-state index contributed by atoms with van der Waals surface area (Å²) in [5, 5.41) is 20.6. The van der Waals surface area contributed by atoms with Crippen LogP contribution in [0.25, 0.3) is 10.8 Å². The Kier molecular flexibility index (Phi) is 12.0. The van der Waals surface area contributed by atoms with Crippen molar-refractivity contribution in [2.75, 3.05) is 0 Å². The average Bonchev–Trinajstić information content (AvgIpc) is 2.44. The van der Waals surface area contributed by atoms with Gasteiger partial charge in [-0.3, -0.25) is 0 Å². The van der Waals surface area contributed by atoms with Crippen LogP contribution in [0.3, 0.4) is 0 Å². The van der Waals surface area contributed by atoms with E-state index in [1.807, 2.05) is 78.0 Å². The van der Waals surface area contributed by atoms with Crippen LogP contribution in [0.2, 0.25) is 0 Å². The average molecular weight is 397 g/mol. The van der Waals surface area contributed by atoms with Crippen molar-refractivity contribution in [2.45, 2.75) is 49.0 Å². The van der Waals surface area contributed by atoms with Crippen LogP contribution in [0.15, 0.2) is 69.9 Å². The Morgan fingerprint density at radius 1 is 0.667 bits per heavy atom. The van der Waals surface area contributed by atoms with E-state index in [0.29, 0.717) is 11.1 Å². The Balaban J connectivity index is 0. The van der Waals surface area contributed by atoms with Crippen molar-refractivity contribution in [3.63, 3.8) is 0 Å². The van der Waals surface area contributed by atoms with Gasteiger partial charge in [-0.15, -0.1) is 0 Å². The van der Waals surface area contributed by atoms with Crippen molar-refractivity contribution in [2.24, 2.45) is 0 Å². The minimum atomic E-state index is -0.0710. The van der Waals surface area contributed by atoms with Gasteiger partial charge < -0.3 is 10.8 Å². The molecule has 0 aromatic carbocycles. The maximum atomic E-state index is 10.3. The molecule has 24 heavy (non-hydrogen) atoms. The molecule has 0 saturated carbocycles. The molecular weight excluding hydrogens is 369 g/mol. The van der Waals surface area contributed by atoms with Crippen molar-refractivity contribution in [3.05, 3.63) is 80.7 Å². The minimum Gasteiger partial charge on any atom is -0.804 e. The van der Waals surface area contributed by atoms with Gasteiger partial charge in [-0.25, -0.2) is 0 Å². The molecule has 2 nitrogen and oxygen atoms in total. The van der Waals surface area contributed by atoms with Gasteiger partial charge in [0.25, 0.3) is 0 Å². The predicted octanol–water partition coefficient (Wildman–Crippen LogP) is 6.33. The Hall–Kier alpha value is -1.12. The first kappa shape index (κ1) is 25.1. The Morgan fingerprint density at radius 3 is 1.21 bits per heavy atom. The molecule has 0 atom stereocenters. The molecule has 0 spiro atoms. The first-order valence-corrected chi connectivity index (χ1v) is 7.43. The van der Waals surface area contributed by atoms with Crippen LogP contribution in [0.1, 0.15) is 49.0 Å². The zero-order valence-corrected chi connectivity index (χ0v) is 17.8. The van der Waals surface area contributed by atoms with Gasteiger partial charge in [-0.1, -0.05) is 55.0 Å². The normalized spacial score (nSPS) is 14.8. The van der Waals surface area contributed by atoms with Gasteiger partial charge in [0.05, 0.1) is 0 Å². The molecule has 127 valence electrons. The molecule has 1 rings (SSSR count). The molecule has 1 aliphatic carbocycles. The first-order valence-electron chi connectivity index (χ1n) is 7.43. The van der Waals surface area contributed by atoms with Crippen LogP contribution < -0.4 is 0 Å². The summed E-state index contributed by atoms with van der Waals surface area (Å²) in [7, 11) is 0. The van der Waals surface area contributed by atoms with E-state index in [1.165, 1.54) is 11.1 Å². The second kappa shape index (κ2) is 11.4. The number of hydrogen-bond donors (Lipinski definition) is 0. The molecule has 1 radical (unpaired) electrons. The summed E-state index contributed by atoms with van der Waals surface area (Å²) < 4.78 is 0. The summed E-state index contributed by atoms with van der Waals surface area (Å²) in [5.74, 6) is 0. The van der Waals surface area contributed by atoms with E-state index in [0.717, 1.165) is 11.1 Å². The quantitative estimate of drug-likeness (QED) is 0.393. The van der Waals surface area contributed by atoms with Crippen LogP contribution in [0.5, 0.6) is 0 Å².